The molecule has 1 aliphatic carbocycles. The molecule has 0 unspecified atom stereocenters. The number of fused-ring (bicyclic) bond motifs is 1. The molecule has 0 bridgehead atoms. The Hall–Kier alpha value is -0.680. The Bertz CT molecular complexity index is 683. The lowest BCUT2D eigenvalue weighted by molar-refractivity contribution is 0.271. The number of halogens is 2. The summed E-state index contributed by atoms with van der Waals surface area (Å²) in [4.78, 5) is 3.20. The number of aromatic amines is 1. The fourth-order valence-electron chi connectivity index (χ4n) is 3.29. The van der Waals surface area contributed by atoms with Crippen molar-refractivity contribution in [2.24, 2.45) is 5.92 Å². The van der Waals surface area contributed by atoms with Crippen molar-refractivity contribution >= 4 is 39.2 Å². The maximum absolute atomic E-state index is 13.8. The van der Waals surface area contributed by atoms with Crippen molar-refractivity contribution in [3.8, 4) is 0 Å². The van der Waals surface area contributed by atoms with Gasteiger partial charge in [-0.25, -0.2) is 4.39 Å². The lowest BCUT2D eigenvalue weighted by Gasteiger charge is -2.29. The molecular formula is C15H18BrFN2S. The number of hydrogen-bond acceptors (Lipinski definition) is 1. The van der Waals surface area contributed by atoms with Gasteiger partial charge in [-0.05, 0) is 65.8 Å². The number of imidazole rings is 1. The second-order valence-electron chi connectivity index (χ2n) is 5.67. The van der Waals surface area contributed by atoms with E-state index in [4.69, 9.17) is 12.2 Å². The van der Waals surface area contributed by atoms with Gasteiger partial charge in [-0.3, -0.25) is 0 Å². The van der Waals surface area contributed by atoms with Crippen LogP contribution in [0.1, 0.15) is 45.1 Å². The topological polar surface area (TPSA) is 20.7 Å². The molecular weight excluding hydrogens is 339 g/mol. The van der Waals surface area contributed by atoms with Crippen LogP contribution in [0.3, 0.4) is 0 Å². The minimum absolute atomic E-state index is 0.234. The largest absolute Gasteiger partial charge is 0.331 e. The summed E-state index contributed by atoms with van der Waals surface area (Å²) in [6.45, 7) is 2.26. The maximum Gasteiger partial charge on any atom is 0.178 e. The molecule has 1 saturated carbocycles. The number of benzene rings is 1. The number of aromatic nitrogens is 2. The van der Waals surface area contributed by atoms with Gasteiger partial charge in [-0.2, -0.15) is 0 Å². The molecule has 5 heteroatoms. The zero-order valence-electron chi connectivity index (χ0n) is 11.5. The zero-order chi connectivity index (χ0) is 14.3. The molecule has 1 fully saturated rings. The molecule has 0 amide bonds. The Morgan fingerprint density at radius 2 is 2.05 bits per heavy atom. The first-order valence-corrected chi connectivity index (χ1v) is 8.39. The Morgan fingerprint density at radius 1 is 1.35 bits per heavy atom. The lowest BCUT2D eigenvalue weighted by Crippen LogP contribution is -2.18. The van der Waals surface area contributed by atoms with Crippen LogP contribution in [0.4, 0.5) is 4.39 Å². The Kier molecular flexibility index (Phi) is 4.00. The summed E-state index contributed by atoms with van der Waals surface area (Å²) in [6.07, 6.45) is 6.02. The van der Waals surface area contributed by atoms with E-state index in [0.29, 0.717) is 15.3 Å². The van der Waals surface area contributed by atoms with Crippen molar-refractivity contribution in [3.63, 3.8) is 0 Å². The Balaban J connectivity index is 2.01. The lowest BCUT2D eigenvalue weighted by atomic mass is 9.84. The maximum atomic E-state index is 13.8. The SMILES string of the molecule is CCC1CCC(n2c(=S)[nH]c3cc(Br)c(F)cc32)CC1. The van der Waals surface area contributed by atoms with Crippen molar-refractivity contribution in [2.45, 2.75) is 45.1 Å². The van der Waals surface area contributed by atoms with Crippen molar-refractivity contribution in [1.82, 2.24) is 9.55 Å². The van der Waals surface area contributed by atoms with Gasteiger partial charge >= 0.3 is 0 Å². The van der Waals surface area contributed by atoms with Crippen LogP contribution in [-0.4, -0.2) is 9.55 Å². The molecule has 0 saturated heterocycles. The molecule has 1 heterocycles. The van der Waals surface area contributed by atoms with Crippen LogP contribution in [0.2, 0.25) is 0 Å². The van der Waals surface area contributed by atoms with E-state index in [1.807, 2.05) is 0 Å². The molecule has 0 atom stereocenters. The van der Waals surface area contributed by atoms with Gasteiger partial charge in [0.1, 0.15) is 5.82 Å². The first-order valence-electron chi connectivity index (χ1n) is 7.19. The number of rotatable bonds is 2. The fourth-order valence-corrected chi connectivity index (χ4v) is 4.00. The van der Waals surface area contributed by atoms with E-state index in [2.05, 4.69) is 32.4 Å². The summed E-state index contributed by atoms with van der Waals surface area (Å²) in [5.41, 5.74) is 1.79. The van der Waals surface area contributed by atoms with E-state index >= 15 is 0 Å². The van der Waals surface area contributed by atoms with Gasteiger partial charge in [0.05, 0.1) is 15.5 Å². The van der Waals surface area contributed by atoms with E-state index in [1.54, 1.807) is 12.1 Å². The third-order valence-corrected chi connectivity index (χ3v) is 5.42. The summed E-state index contributed by atoms with van der Waals surface area (Å²) < 4.78 is 17.1. The van der Waals surface area contributed by atoms with Crippen LogP contribution in [0.15, 0.2) is 16.6 Å². The first kappa shape index (κ1) is 14.3. The molecule has 2 aromatic rings. The third-order valence-electron chi connectivity index (χ3n) is 4.52. The average molecular weight is 357 g/mol. The van der Waals surface area contributed by atoms with Crippen LogP contribution < -0.4 is 0 Å². The van der Waals surface area contributed by atoms with E-state index in [9.17, 15) is 4.39 Å². The van der Waals surface area contributed by atoms with Gasteiger partial charge in [0.15, 0.2) is 4.77 Å². The average Bonchev–Trinajstić information content (AvgIpc) is 2.75. The predicted molar refractivity (Wildman–Crippen MR) is 86.1 cm³/mol. The predicted octanol–water partition coefficient (Wildman–Crippen LogP) is 5.74. The summed E-state index contributed by atoms with van der Waals surface area (Å²) in [6, 6.07) is 3.76. The van der Waals surface area contributed by atoms with Crippen molar-refractivity contribution < 1.29 is 4.39 Å². The van der Waals surface area contributed by atoms with Gasteiger partial charge < -0.3 is 9.55 Å². The Morgan fingerprint density at radius 3 is 2.70 bits per heavy atom. The monoisotopic (exact) mass is 356 g/mol. The van der Waals surface area contributed by atoms with Gasteiger partial charge in [0.25, 0.3) is 0 Å². The smallest absolute Gasteiger partial charge is 0.178 e. The molecule has 0 spiro atoms. The molecule has 2 nitrogen and oxygen atoms in total. The molecule has 1 aromatic heterocycles. The van der Waals surface area contributed by atoms with Crippen LogP contribution >= 0.6 is 28.1 Å². The fraction of sp³-hybridized carbons (Fsp3) is 0.533. The molecule has 1 aliphatic rings. The molecule has 1 N–H and O–H groups in total. The van der Waals surface area contributed by atoms with Crippen LogP contribution in [0.25, 0.3) is 11.0 Å². The standard InChI is InChI=1S/C15H18BrFN2S/c1-2-9-3-5-10(6-4-9)19-14-8-12(17)11(16)7-13(14)18-15(19)20/h7-10H,2-6H2,1H3,(H,18,20). The highest BCUT2D eigenvalue weighted by Gasteiger charge is 2.23. The third kappa shape index (κ3) is 2.46. The van der Waals surface area contributed by atoms with Gasteiger partial charge in [0.2, 0.25) is 0 Å². The van der Waals surface area contributed by atoms with Crippen LogP contribution in [-0.2, 0) is 0 Å². The molecule has 108 valence electrons. The van der Waals surface area contributed by atoms with Crippen molar-refractivity contribution in [3.05, 3.63) is 27.2 Å². The highest BCUT2D eigenvalue weighted by molar-refractivity contribution is 9.10. The molecule has 20 heavy (non-hydrogen) atoms. The first-order chi connectivity index (χ1) is 9.60. The second-order valence-corrected chi connectivity index (χ2v) is 6.91. The van der Waals surface area contributed by atoms with E-state index < -0.39 is 0 Å². The van der Waals surface area contributed by atoms with Crippen molar-refractivity contribution in [2.75, 3.05) is 0 Å². The van der Waals surface area contributed by atoms with E-state index in [-0.39, 0.29) is 5.82 Å². The number of H-pyrrole nitrogens is 1. The highest BCUT2D eigenvalue weighted by Crippen LogP contribution is 2.36. The molecule has 3 rings (SSSR count). The minimum Gasteiger partial charge on any atom is -0.331 e. The molecule has 0 aliphatic heterocycles. The Labute approximate surface area is 131 Å². The second kappa shape index (κ2) is 5.60. The van der Waals surface area contributed by atoms with Gasteiger partial charge in [-0.1, -0.05) is 13.3 Å². The summed E-state index contributed by atoms with van der Waals surface area (Å²) in [7, 11) is 0. The quantitative estimate of drug-likeness (QED) is 0.680. The summed E-state index contributed by atoms with van der Waals surface area (Å²) >= 11 is 8.67. The van der Waals surface area contributed by atoms with Gasteiger partial charge in [0, 0.05) is 12.1 Å². The zero-order valence-corrected chi connectivity index (χ0v) is 13.9. The number of nitrogens with zero attached hydrogens (tertiary/aromatic N) is 1. The minimum atomic E-state index is -0.234. The normalized spacial score (nSPS) is 23.4. The van der Waals surface area contributed by atoms with Gasteiger partial charge in [-0.15, -0.1) is 0 Å². The van der Waals surface area contributed by atoms with Crippen LogP contribution in [0.5, 0.6) is 0 Å². The number of hydrogen-bond donors (Lipinski definition) is 1. The van der Waals surface area contributed by atoms with E-state index in [0.717, 1.165) is 29.8 Å². The van der Waals surface area contributed by atoms with E-state index in [1.165, 1.54) is 19.3 Å². The van der Waals surface area contributed by atoms with Crippen molar-refractivity contribution in [1.29, 1.82) is 0 Å². The number of nitrogens with one attached hydrogen (secondary N) is 1. The summed E-state index contributed by atoms with van der Waals surface area (Å²) in [5.74, 6) is 0.610. The molecule has 1 aromatic carbocycles. The highest BCUT2D eigenvalue weighted by atomic mass is 79.9. The summed E-state index contributed by atoms with van der Waals surface area (Å²) in [5, 5.41) is 0. The molecule has 0 radical (unpaired) electrons. The van der Waals surface area contributed by atoms with Crippen LogP contribution in [0, 0.1) is 16.5 Å².